The van der Waals surface area contributed by atoms with Crippen molar-refractivity contribution in [1.82, 2.24) is 9.13 Å². The minimum Gasteiger partial charge on any atom is -0.813 e. The van der Waals surface area contributed by atoms with E-state index in [-0.39, 0.29) is 60.6 Å². The molecule has 4 aromatic carbocycles. The van der Waals surface area contributed by atoms with Gasteiger partial charge < -0.3 is 37.2 Å². The normalized spacial score (nSPS) is 26.6. The summed E-state index contributed by atoms with van der Waals surface area (Å²) in [5.41, 5.74) is 8.17. The number of aliphatic hydroxyl groups excluding tert-OH is 1. The average molecular weight is 1490 g/mol. The summed E-state index contributed by atoms with van der Waals surface area (Å²) in [5, 5.41) is 12.5. The van der Waals surface area contributed by atoms with Gasteiger partial charge in [-0.05, 0) is 133 Å². The molecule has 6 aromatic rings. The molecule has 388 valence electrons. The van der Waals surface area contributed by atoms with Gasteiger partial charge in [0, 0.05) is 44.3 Å². The van der Waals surface area contributed by atoms with Gasteiger partial charge >= 0.3 is 64.9 Å². The van der Waals surface area contributed by atoms with Gasteiger partial charge in [0.1, 0.15) is 30.2 Å². The van der Waals surface area contributed by atoms with E-state index in [1.165, 1.54) is 48.4 Å². The van der Waals surface area contributed by atoms with Crippen LogP contribution in [0, 0.1) is 47.1 Å². The quantitative estimate of drug-likeness (QED) is 0.0621. The molecule has 10 rings (SSSR count). The molecule has 14 heteroatoms. The summed E-state index contributed by atoms with van der Waals surface area (Å²) in [5.74, 6) is 3.65. The predicted molar refractivity (Wildman–Crippen MR) is 330 cm³/mol. The van der Waals surface area contributed by atoms with Crippen LogP contribution in [0.5, 0.6) is 0 Å². The van der Waals surface area contributed by atoms with Crippen LogP contribution in [-0.2, 0) is 34.3 Å². The van der Waals surface area contributed by atoms with Crippen molar-refractivity contribution in [3.8, 4) is 0 Å². The zero-order valence-corrected chi connectivity index (χ0v) is 54.0. The fraction of sp³-hybridized carbons (Fsp3) is 0.509. The Morgan fingerprint density at radius 3 is 1.48 bits per heavy atom. The van der Waals surface area contributed by atoms with Crippen LogP contribution in [0.4, 0.5) is 8.78 Å². The van der Waals surface area contributed by atoms with Crippen molar-refractivity contribution in [3.63, 3.8) is 0 Å². The van der Waals surface area contributed by atoms with Gasteiger partial charge in [0.15, 0.2) is 0 Å². The zero-order chi connectivity index (χ0) is 50.6. The fourth-order valence-corrected chi connectivity index (χ4v) is 11.1. The van der Waals surface area contributed by atoms with Crippen molar-refractivity contribution in [2.45, 2.75) is 143 Å². The van der Waals surface area contributed by atoms with Crippen molar-refractivity contribution >= 4 is 130 Å². The van der Waals surface area contributed by atoms with E-state index in [1.54, 1.807) is 12.1 Å². The van der Waals surface area contributed by atoms with Crippen LogP contribution < -0.4 is 0 Å². The smallest absolute Gasteiger partial charge is 0.813 e. The third-order valence-corrected chi connectivity index (χ3v) is 16.1. The first kappa shape index (κ1) is 60.1. The summed E-state index contributed by atoms with van der Waals surface area (Å²) in [4.78, 5) is -0.278. The van der Waals surface area contributed by atoms with Crippen LogP contribution >= 0.6 is 95.2 Å². The number of aliphatic hydroxyl groups is 1. The first-order valence-corrected chi connectivity index (χ1v) is 40.9. The van der Waals surface area contributed by atoms with E-state index >= 15 is 8.78 Å². The summed E-state index contributed by atoms with van der Waals surface area (Å²) in [6.07, 6.45) is 11.1. The molecule has 5 nitrogen and oxygen atoms in total. The third kappa shape index (κ3) is 14.3. The molecule has 4 fully saturated rings. The number of rotatable bonds is 10. The molecule has 2 aliphatic heterocycles. The van der Waals surface area contributed by atoms with Crippen molar-refractivity contribution in [3.05, 3.63) is 142 Å². The number of fused-ring (bicyclic) bond motifs is 2. The number of hydrogen-bond donors (Lipinski definition) is 2. The zero-order valence-electron chi connectivity index (χ0n) is 42.2. The second-order valence-electron chi connectivity index (χ2n) is 20.3. The summed E-state index contributed by atoms with van der Waals surface area (Å²) < 4.78 is 48.5. The standard InChI is InChI=1S/C28H34FNO2.C28H34FNO.CH3IS.3HI.H2S.V/c1-5-25-17(3)16(2)18(4)28(32-25)30-15-22(26-23(29)7-6-8-24(26)30)27(31)21-13-11-20(12-14-21)19-9-10-19;1-5-26-18(3)17(2)19(4)28(31-26)30-16-23(27-24(29)7-6-8-25(27)30)15-20-9-11-21(12-10-20)22-13-14-22;2-1-3;;;;;/h6-8,11-19,25,27-28,31H,5,9-10H2,1-4H3;6-12,16-19,22,26,28H,5,13-15H2,1-4H3;3H,1H2;3*1H;1H2;/q;;;;;;;+3/p-4/t16-,17-,18+,25+,27?,28+;17-,18-,19+,26+,28+;;;;;;/m00....../s1. The van der Waals surface area contributed by atoms with E-state index in [1.807, 2.05) is 36.5 Å². The third-order valence-electron chi connectivity index (χ3n) is 16.1. The van der Waals surface area contributed by atoms with Gasteiger partial charge in [-0.15, -0.1) is 0 Å². The largest absolute Gasteiger partial charge is 0.813 e. The molecule has 1 N–H and O–H groups in total. The van der Waals surface area contributed by atoms with Crippen molar-refractivity contribution in [1.29, 1.82) is 0 Å². The van der Waals surface area contributed by atoms with E-state index in [4.69, 9.17) is 9.47 Å². The monoisotopic (exact) mass is 1490 g/mol. The number of halogens is 6. The van der Waals surface area contributed by atoms with Crippen LogP contribution in [0.3, 0.4) is 0 Å². The second-order valence-corrected chi connectivity index (χ2v) is 57.9. The molecule has 4 heterocycles. The van der Waals surface area contributed by atoms with Gasteiger partial charge in [0.25, 0.3) is 0 Å². The molecule has 0 radical (unpaired) electrons. The molecular formula is C57H72F2I4N2O3S2V-. The Morgan fingerprint density at radius 2 is 1.04 bits per heavy atom. The molecule has 2 aromatic heterocycles. The van der Waals surface area contributed by atoms with Gasteiger partial charge in [0.2, 0.25) is 0 Å². The maximum Gasteiger partial charge on any atom is -0.813 e. The molecular weight excluding hydrogens is 1420 g/mol. The molecule has 11 atom stereocenters. The minimum absolute atomic E-state index is 0. The maximum atomic E-state index is 15.1. The van der Waals surface area contributed by atoms with Crippen LogP contribution in [-0.4, -0.2) is 30.2 Å². The Bertz CT molecular complexity index is 2620. The number of nitrogens with zero attached hydrogens (tertiary/aromatic N) is 2. The molecule has 71 heavy (non-hydrogen) atoms. The molecule has 0 bridgehead atoms. The number of benzene rings is 4. The van der Waals surface area contributed by atoms with Crippen LogP contribution in [0.1, 0.15) is 158 Å². The average Bonchev–Trinajstić information content (AvgIpc) is 4.30. The Hall–Kier alpha value is -0.0956. The Labute approximate surface area is 486 Å². The number of alkyl halides is 1. The van der Waals surface area contributed by atoms with Crippen molar-refractivity contribution in [2.75, 3.05) is 3.76 Å². The van der Waals surface area contributed by atoms with E-state index in [9.17, 15) is 5.11 Å². The minimum atomic E-state index is -0.888. The predicted octanol–water partition coefficient (Wildman–Crippen LogP) is 18.1. The summed E-state index contributed by atoms with van der Waals surface area (Å²) in [7, 11) is 0. The summed E-state index contributed by atoms with van der Waals surface area (Å²) in [6.45, 7) is 18.0. The number of hydrogen-bond acceptors (Lipinski definition) is 5. The van der Waals surface area contributed by atoms with E-state index in [0.29, 0.717) is 46.5 Å². The molecule has 4 aliphatic rings. The van der Waals surface area contributed by atoms with E-state index in [2.05, 4.69) is 202 Å². The van der Waals surface area contributed by atoms with Crippen molar-refractivity contribution in [2.24, 2.45) is 35.5 Å². The molecule has 0 amide bonds. The first-order chi connectivity index (χ1) is 33.5. The van der Waals surface area contributed by atoms with Gasteiger partial charge in [-0.1, -0.05) is 139 Å². The number of ether oxygens (including phenoxy) is 2. The summed E-state index contributed by atoms with van der Waals surface area (Å²) in [6, 6.07) is 27.7. The molecule has 2 saturated carbocycles. The SMILES string of the molecule is CC[C@H]1O[C@@H](n2cc(C(O)c3ccc(C4CC4)cc3)c3c(F)cccc32)[C@H](C)[C@@H](C)[C@@H]1C.CC[C@H]1O[C@@H](n2cc(Cc3ccc(C4CC4)cc3)c3c(F)cccc32)[C@H](C)[C@@H](C)[C@@H]1C.SCI.[I][V]([I])[I].[SH-]. The molecule has 2 aliphatic carbocycles. The molecule has 2 saturated heterocycles. The number of aromatic nitrogens is 2. The van der Waals surface area contributed by atoms with Gasteiger partial charge in [-0.25, -0.2) is 8.78 Å². The van der Waals surface area contributed by atoms with Gasteiger partial charge in [0.05, 0.1) is 23.2 Å². The Kier molecular flexibility index (Phi) is 23.3. The Morgan fingerprint density at radius 1 is 0.634 bits per heavy atom. The van der Waals surface area contributed by atoms with Gasteiger partial charge in [-0.3, -0.25) is 0 Å². The molecule has 0 spiro atoms. The first-order valence-electron chi connectivity index (χ1n) is 25.2. The summed E-state index contributed by atoms with van der Waals surface area (Å²) >= 11 is 13.3. The van der Waals surface area contributed by atoms with E-state index in [0.717, 1.165) is 56.5 Å². The second kappa shape index (κ2) is 27.5. The van der Waals surface area contributed by atoms with Crippen LogP contribution in [0.15, 0.2) is 97.3 Å². The maximum absolute atomic E-state index is 15.1. The molecule has 1 unspecified atom stereocenters. The number of thiol groups is 2. The van der Waals surface area contributed by atoms with E-state index < -0.39 is 6.10 Å². The van der Waals surface area contributed by atoms with Crippen LogP contribution in [0.2, 0.25) is 0 Å². The fourth-order valence-electron chi connectivity index (χ4n) is 11.1. The van der Waals surface area contributed by atoms with Crippen LogP contribution in [0.25, 0.3) is 21.8 Å². The Balaban J connectivity index is 0.000000203. The topological polar surface area (TPSA) is 48.6 Å². The van der Waals surface area contributed by atoms with Crippen molar-refractivity contribution < 1.29 is 28.3 Å². The van der Waals surface area contributed by atoms with Gasteiger partial charge in [-0.2, -0.15) is 12.6 Å².